The summed E-state index contributed by atoms with van der Waals surface area (Å²) in [6.07, 6.45) is 2.08. The number of aromatic nitrogens is 2. The number of hydrazine groups is 1. The van der Waals surface area contributed by atoms with Crippen LogP contribution in [0.5, 0.6) is 0 Å². The zero-order valence-corrected chi connectivity index (χ0v) is 13.9. The van der Waals surface area contributed by atoms with Gasteiger partial charge in [-0.1, -0.05) is 13.8 Å². The molecule has 0 bridgehead atoms. The molecule has 0 spiro atoms. The summed E-state index contributed by atoms with van der Waals surface area (Å²) in [5.41, 5.74) is 5.13. The molecule has 2 unspecified atom stereocenters. The first-order valence-corrected chi connectivity index (χ1v) is 8.09. The molecule has 0 aliphatic heterocycles. The van der Waals surface area contributed by atoms with Crippen LogP contribution in [-0.2, 0) is 13.5 Å². The second-order valence-electron chi connectivity index (χ2n) is 4.59. The predicted octanol–water partition coefficient (Wildman–Crippen LogP) is 2.40. The third-order valence-electron chi connectivity index (χ3n) is 3.09. The van der Waals surface area contributed by atoms with E-state index in [-0.39, 0.29) is 6.04 Å². The van der Waals surface area contributed by atoms with Crippen molar-refractivity contribution in [2.45, 2.75) is 44.9 Å². The van der Waals surface area contributed by atoms with Crippen molar-refractivity contribution >= 4 is 27.7 Å². The largest absolute Gasteiger partial charge is 0.271 e. The van der Waals surface area contributed by atoms with Gasteiger partial charge in [-0.05, 0) is 29.3 Å². The molecule has 1 aromatic rings. The molecular weight excluding hydrogens is 312 g/mol. The Kier molecular flexibility index (Phi) is 6.70. The van der Waals surface area contributed by atoms with Crippen LogP contribution in [0.1, 0.15) is 31.7 Å². The lowest BCUT2D eigenvalue weighted by molar-refractivity contribution is 0.549. The number of halogens is 1. The monoisotopic (exact) mass is 334 g/mol. The van der Waals surface area contributed by atoms with Crippen LogP contribution in [-0.4, -0.2) is 26.8 Å². The Balaban J connectivity index is 2.62. The molecule has 0 radical (unpaired) electrons. The molecule has 0 aliphatic carbocycles. The van der Waals surface area contributed by atoms with Crippen molar-refractivity contribution in [1.29, 1.82) is 0 Å². The smallest absolute Gasteiger partial charge is 0.0738 e. The topological polar surface area (TPSA) is 55.9 Å². The molecular formula is C12H23BrN4S. The SMILES string of the molecule is CCC(C)SCC(Cc1c(Br)c(C)nn1C)NN. The summed E-state index contributed by atoms with van der Waals surface area (Å²) >= 11 is 5.55. The van der Waals surface area contributed by atoms with Crippen molar-refractivity contribution in [3.05, 3.63) is 15.9 Å². The highest BCUT2D eigenvalue weighted by Crippen LogP contribution is 2.23. The van der Waals surface area contributed by atoms with Crippen molar-refractivity contribution < 1.29 is 0 Å². The van der Waals surface area contributed by atoms with Gasteiger partial charge in [-0.2, -0.15) is 16.9 Å². The fraction of sp³-hybridized carbons (Fsp3) is 0.750. The average Bonchev–Trinajstić information content (AvgIpc) is 2.59. The highest BCUT2D eigenvalue weighted by atomic mass is 79.9. The average molecular weight is 335 g/mol. The van der Waals surface area contributed by atoms with E-state index in [0.717, 1.165) is 22.3 Å². The number of rotatable bonds is 7. The molecule has 1 rings (SSSR count). The van der Waals surface area contributed by atoms with E-state index in [9.17, 15) is 0 Å². The summed E-state index contributed by atoms with van der Waals surface area (Å²) in [7, 11) is 1.97. The van der Waals surface area contributed by atoms with Gasteiger partial charge in [0.1, 0.15) is 0 Å². The second kappa shape index (κ2) is 7.53. The first-order valence-electron chi connectivity index (χ1n) is 6.25. The third kappa shape index (κ3) is 4.26. The maximum Gasteiger partial charge on any atom is 0.0738 e. The number of nitrogens with one attached hydrogen (secondary N) is 1. The lowest BCUT2D eigenvalue weighted by atomic mass is 10.2. The molecule has 0 aliphatic rings. The van der Waals surface area contributed by atoms with E-state index in [1.807, 2.05) is 30.4 Å². The molecule has 0 fully saturated rings. The Morgan fingerprint density at radius 1 is 1.56 bits per heavy atom. The van der Waals surface area contributed by atoms with E-state index in [4.69, 9.17) is 5.84 Å². The van der Waals surface area contributed by atoms with Gasteiger partial charge in [0.05, 0.1) is 15.9 Å². The van der Waals surface area contributed by atoms with Crippen molar-refractivity contribution in [2.75, 3.05) is 5.75 Å². The molecule has 0 aromatic carbocycles. The van der Waals surface area contributed by atoms with Gasteiger partial charge in [0.2, 0.25) is 0 Å². The molecule has 2 atom stereocenters. The molecule has 3 N–H and O–H groups in total. The van der Waals surface area contributed by atoms with E-state index in [0.29, 0.717) is 5.25 Å². The Hall–Kier alpha value is -0.0400. The van der Waals surface area contributed by atoms with Gasteiger partial charge in [-0.25, -0.2) is 0 Å². The minimum Gasteiger partial charge on any atom is -0.271 e. The summed E-state index contributed by atoms with van der Waals surface area (Å²) in [5.74, 6) is 6.66. The molecule has 6 heteroatoms. The maximum absolute atomic E-state index is 5.65. The number of thioether (sulfide) groups is 1. The molecule has 1 heterocycles. The predicted molar refractivity (Wildman–Crippen MR) is 82.7 cm³/mol. The van der Waals surface area contributed by atoms with Crippen LogP contribution in [0.3, 0.4) is 0 Å². The second-order valence-corrected chi connectivity index (χ2v) is 6.85. The Bertz CT molecular complexity index is 380. The quantitative estimate of drug-likeness (QED) is 0.593. The molecule has 0 saturated heterocycles. The van der Waals surface area contributed by atoms with E-state index in [1.165, 1.54) is 12.1 Å². The van der Waals surface area contributed by atoms with E-state index in [2.05, 4.69) is 40.3 Å². The summed E-state index contributed by atoms with van der Waals surface area (Å²) in [5, 5.41) is 5.08. The van der Waals surface area contributed by atoms with Gasteiger partial charge in [-0.3, -0.25) is 16.0 Å². The highest BCUT2D eigenvalue weighted by molar-refractivity contribution is 9.10. The summed E-state index contributed by atoms with van der Waals surface area (Å²) in [6.45, 7) is 6.47. The minimum atomic E-state index is 0.273. The number of hydrogen-bond acceptors (Lipinski definition) is 4. The number of aryl methyl sites for hydroxylation is 2. The molecule has 104 valence electrons. The first kappa shape index (κ1) is 16.0. The zero-order chi connectivity index (χ0) is 13.7. The van der Waals surface area contributed by atoms with Gasteiger partial charge in [0.15, 0.2) is 0 Å². The van der Waals surface area contributed by atoms with Crippen molar-refractivity contribution in [1.82, 2.24) is 15.2 Å². The highest BCUT2D eigenvalue weighted by Gasteiger charge is 2.16. The third-order valence-corrected chi connectivity index (χ3v) is 5.62. The first-order chi connectivity index (χ1) is 8.49. The zero-order valence-electron chi connectivity index (χ0n) is 11.5. The van der Waals surface area contributed by atoms with Gasteiger partial charge in [0.25, 0.3) is 0 Å². The molecule has 4 nitrogen and oxygen atoms in total. The summed E-state index contributed by atoms with van der Waals surface area (Å²) < 4.78 is 3.02. The van der Waals surface area contributed by atoms with E-state index < -0.39 is 0 Å². The number of hydrogen-bond donors (Lipinski definition) is 2. The van der Waals surface area contributed by atoms with Crippen LogP contribution in [0.2, 0.25) is 0 Å². The van der Waals surface area contributed by atoms with Crippen LogP contribution < -0.4 is 11.3 Å². The van der Waals surface area contributed by atoms with Gasteiger partial charge in [-0.15, -0.1) is 0 Å². The van der Waals surface area contributed by atoms with Crippen LogP contribution in [0.15, 0.2) is 4.47 Å². The van der Waals surface area contributed by atoms with Crippen molar-refractivity contribution in [3.63, 3.8) is 0 Å². The Labute approximate surface area is 122 Å². The molecule has 18 heavy (non-hydrogen) atoms. The van der Waals surface area contributed by atoms with Crippen LogP contribution in [0, 0.1) is 6.92 Å². The Morgan fingerprint density at radius 2 is 2.22 bits per heavy atom. The Morgan fingerprint density at radius 3 is 2.67 bits per heavy atom. The maximum atomic E-state index is 5.65. The summed E-state index contributed by atoms with van der Waals surface area (Å²) in [4.78, 5) is 0. The fourth-order valence-electron chi connectivity index (χ4n) is 1.70. The van der Waals surface area contributed by atoms with Gasteiger partial charge < -0.3 is 0 Å². The van der Waals surface area contributed by atoms with E-state index >= 15 is 0 Å². The molecule has 1 aromatic heterocycles. The van der Waals surface area contributed by atoms with Crippen molar-refractivity contribution in [2.24, 2.45) is 12.9 Å². The van der Waals surface area contributed by atoms with Crippen LogP contribution in [0.4, 0.5) is 0 Å². The lowest BCUT2D eigenvalue weighted by Gasteiger charge is -2.18. The fourth-order valence-corrected chi connectivity index (χ4v) is 3.21. The van der Waals surface area contributed by atoms with Gasteiger partial charge in [0, 0.05) is 30.5 Å². The number of nitrogens with zero attached hydrogens (tertiary/aromatic N) is 2. The number of nitrogens with two attached hydrogens (primary N) is 1. The summed E-state index contributed by atoms with van der Waals surface area (Å²) in [6, 6.07) is 0.273. The minimum absolute atomic E-state index is 0.273. The lowest BCUT2D eigenvalue weighted by Crippen LogP contribution is -2.39. The molecule has 0 amide bonds. The molecule has 0 saturated carbocycles. The van der Waals surface area contributed by atoms with E-state index in [1.54, 1.807) is 0 Å². The van der Waals surface area contributed by atoms with Gasteiger partial charge >= 0.3 is 0 Å². The van der Waals surface area contributed by atoms with Crippen molar-refractivity contribution in [3.8, 4) is 0 Å². The van der Waals surface area contributed by atoms with Crippen LogP contribution in [0.25, 0.3) is 0 Å². The van der Waals surface area contributed by atoms with Crippen LogP contribution >= 0.6 is 27.7 Å². The normalized spacial score (nSPS) is 14.8. The standard InChI is InChI=1S/C12H23BrN4S/c1-5-8(2)18-7-10(15-14)6-11-12(13)9(3)16-17(11)4/h8,10,15H,5-7,14H2,1-4H3.